The normalized spacial score (nSPS) is 27.2. The average molecular weight is 660 g/mol. The van der Waals surface area contributed by atoms with E-state index < -0.39 is 29.6 Å². The van der Waals surface area contributed by atoms with Crippen LogP contribution in [0.1, 0.15) is 46.0 Å². The lowest BCUT2D eigenvalue weighted by Gasteiger charge is -2.37. The highest BCUT2D eigenvalue weighted by molar-refractivity contribution is 9.09. The Hall–Kier alpha value is -2.69. The number of aliphatic hydroxyl groups is 1. The number of amides is 3. The van der Waals surface area contributed by atoms with Crippen LogP contribution >= 0.6 is 15.9 Å². The quantitative estimate of drug-likeness (QED) is 0.164. The number of aliphatic hydroxyl groups excluding tert-OH is 1. The minimum absolute atomic E-state index is 0.127. The summed E-state index contributed by atoms with van der Waals surface area (Å²) >= 11 is 3.75. The molecule has 0 aliphatic carbocycles. The number of fused-ring (bicyclic) bond motifs is 1. The first kappa shape index (κ1) is 33.2. The molecule has 3 unspecified atom stereocenters. The number of anilines is 2. The van der Waals surface area contributed by atoms with Crippen LogP contribution < -0.4 is 9.80 Å². The predicted octanol–water partition coefficient (Wildman–Crippen LogP) is 4.00. The van der Waals surface area contributed by atoms with Crippen molar-refractivity contribution in [2.24, 2.45) is 11.8 Å². The van der Waals surface area contributed by atoms with Crippen molar-refractivity contribution in [2.75, 3.05) is 56.2 Å². The highest BCUT2D eigenvalue weighted by Gasteiger charge is 2.76. The Labute approximate surface area is 264 Å². The maximum absolute atomic E-state index is 14.7. The smallest absolute Gasteiger partial charge is 0.253 e. The van der Waals surface area contributed by atoms with Gasteiger partial charge in [0.25, 0.3) is 5.91 Å². The van der Waals surface area contributed by atoms with Gasteiger partial charge < -0.3 is 29.4 Å². The number of nitrogens with zero attached hydrogens (tertiary/aromatic N) is 4. The third kappa shape index (κ3) is 6.15. The molecule has 1 N–H and O–H groups in total. The maximum atomic E-state index is 14.7. The van der Waals surface area contributed by atoms with Crippen LogP contribution in [0.5, 0.6) is 0 Å². The van der Waals surface area contributed by atoms with Gasteiger partial charge >= 0.3 is 0 Å². The summed E-state index contributed by atoms with van der Waals surface area (Å²) in [5, 5.41) is 9.21. The van der Waals surface area contributed by atoms with E-state index in [1.807, 2.05) is 24.3 Å². The van der Waals surface area contributed by atoms with Gasteiger partial charge in [-0.05, 0) is 57.4 Å². The third-order valence-electron chi connectivity index (χ3n) is 9.26. The molecule has 3 heterocycles. The van der Waals surface area contributed by atoms with Gasteiger partial charge in [0.15, 0.2) is 0 Å². The maximum Gasteiger partial charge on any atom is 0.253 e. The van der Waals surface area contributed by atoms with Gasteiger partial charge in [-0.2, -0.15) is 0 Å². The number of alkyl halides is 1. The van der Waals surface area contributed by atoms with Gasteiger partial charge in [-0.1, -0.05) is 40.9 Å². The molecular weight excluding hydrogens is 612 g/mol. The van der Waals surface area contributed by atoms with Gasteiger partial charge in [-0.25, -0.2) is 0 Å². The molecule has 0 aromatic heterocycles. The molecule has 3 saturated heterocycles. The number of unbranched alkanes of at least 4 members (excludes halogenated alkanes) is 3. The molecule has 2 bridgehead atoms. The van der Waals surface area contributed by atoms with Gasteiger partial charge in [0.05, 0.1) is 17.9 Å². The fraction of sp³-hybridized carbons (Fsp3) is 0.606. The third-order valence-corrected chi connectivity index (χ3v) is 10.1. The lowest BCUT2D eigenvalue weighted by Crippen LogP contribution is -2.57. The summed E-state index contributed by atoms with van der Waals surface area (Å²) in [7, 11) is 1.71. The van der Waals surface area contributed by atoms with E-state index in [-0.39, 0.29) is 35.7 Å². The number of hydrogen-bond acceptors (Lipinski definition) is 6. The second kappa shape index (κ2) is 14.4. The number of halogens is 1. The highest BCUT2D eigenvalue weighted by Crippen LogP contribution is 2.60. The molecule has 1 aromatic carbocycles. The molecule has 1 aromatic rings. The van der Waals surface area contributed by atoms with E-state index in [0.717, 1.165) is 37.3 Å². The van der Waals surface area contributed by atoms with E-state index >= 15 is 0 Å². The zero-order valence-electron chi connectivity index (χ0n) is 25.8. The number of likely N-dealkylation sites (tertiary alicyclic amines) is 1. The number of likely N-dealkylation sites (N-methyl/N-ethyl adjacent to an activating group) is 1. The zero-order valence-corrected chi connectivity index (χ0v) is 27.4. The van der Waals surface area contributed by atoms with Crippen LogP contribution in [0.15, 0.2) is 49.6 Å². The molecule has 3 aliphatic rings. The van der Waals surface area contributed by atoms with Crippen molar-refractivity contribution in [3.05, 3.63) is 49.6 Å². The minimum Gasteiger partial charge on any atom is -0.396 e. The Bertz CT molecular complexity index is 1170. The summed E-state index contributed by atoms with van der Waals surface area (Å²) in [6.07, 6.45) is 6.35. The van der Waals surface area contributed by atoms with Crippen LogP contribution in [-0.2, 0) is 19.1 Å². The molecule has 10 heteroatoms. The second-order valence-electron chi connectivity index (χ2n) is 11.8. The number of carbonyl (C=O) groups is 3. The first-order valence-electron chi connectivity index (χ1n) is 15.6. The first-order chi connectivity index (χ1) is 20.7. The van der Waals surface area contributed by atoms with Crippen molar-refractivity contribution in [3.8, 4) is 0 Å². The molecule has 6 atom stereocenters. The minimum atomic E-state index is -1.12. The summed E-state index contributed by atoms with van der Waals surface area (Å²) < 4.78 is 6.69. The lowest BCUT2D eigenvalue weighted by molar-refractivity contribution is -0.144. The van der Waals surface area contributed by atoms with Gasteiger partial charge in [-0.15, -0.1) is 13.2 Å². The van der Waals surface area contributed by atoms with Gasteiger partial charge in [-0.3, -0.25) is 14.4 Å². The number of hydrogen-bond donors (Lipinski definition) is 1. The monoisotopic (exact) mass is 658 g/mol. The standard InChI is InChI=1S/C33H47BrN4O5/c1-6-18-35(5)30(40)26-27-31(41)38(20-12-10-11-13-21-39)29(33(27)22-25(34)28(26)43-33)32(42)37(19-7-2)24-16-14-23(15-17-24)36(8-3)9-4/h6-7,14-17,25-29,39H,1-2,8-13,18-22H2,3-5H3/t25?,26-,27-,28-,29?,33?/m0/s1. The Balaban J connectivity index is 1.72. The van der Waals surface area contributed by atoms with Crippen LogP contribution in [0.25, 0.3) is 0 Å². The van der Waals surface area contributed by atoms with E-state index in [1.54, 1.807) is 33.9 Å². The second-order valence-corrected chi connectivity index (χ2v) is 12.9. The first-order valence-corrected chi connectivity index (χ1v) is 16.5. The number of carbonyl (C=O) groups excluding carboxylic acids is 3. The van der Waals surface area contributed by atoms with Gasteiger partial charge in [0.1, 0.15) is 11.6 Å². The molecule has 236 valence electrons. The fourth-order valence-corrected chi connectivity index (χ4v) is 8.19. The van der Waals surface area contributed by atoms with Crippen LogP contribution in [0.4, 0.5) is 11.4 Å². The topological polar surface area (TPSA) is 93.6 Å². The van der Waals surface area contributed by atoms with Crippen molar-refractivity contribution in [3.63, 3.8) is 0 Å². The summed E-state index contributed by atoms with van der Waals surface area (Å²) in [6.45, 7) is 14.8. The van der Waals surface area contributed by atoms with E-state index in [2.05, 4.69) is 47.8 Å². The van der Waals surface area contributed by atoms with E-state index in [0.29, 0.717) is 32.4 Å². The molecule has 0 radical (unpaired) electrons. The molecule has 9 nitrogen and oxygen atoms in total. The number of rotatable bonds is 16. The lowest BCUT2D eigenvalue weighted by atomic mass is 9.70. The Morgan fingerprint density at radius 1 is 1.05 bits per heavy atom. The number of ether oxygens (including phenoxy) is 1. The average Bonchev–Trinajstić information content (AvgIpc) is 3.59. The van der Waals surface area contributed by atoms with E-state index in [1.165, 1.54) is 0 Å². The Morgan fingerprint density at radius 3 is 2.28 bits per heavy atom. The summed E-state index contributed by atoms with van der Waals surface area (Å²) in [4.78, 5) is 49.8. The van der Waals surface area contributed by atoms with Crippen LogP contribution in [-0.4, -0.2) is 102 Å². The van der Waals surface area contributed by atoms with E-state index in [9.17, 15) is 19.5 Å². The molecule has 4 rings (SSSR count). The van der Waals surface area contributed by atoms with Gasteiger partial charge in [0.2, 0.25) is 11.8 Å². The van der Waals surface area contributed by atoms with Crippen LogP contribution in [0, 0.1) is 11.8 Å². The molecule has 3 fully saturated rings. The summed E-state index contributed by atoms with van der Waals surface area (Å²) in [6, 6.07) is 7.04. The molecular formula is C33H47BrN4O5. The predicted molar refractivity (Wildman–Crippen MR) is 173 cm³/mol. The Morgan fingerprint density at radius 2 is 1.67 bits per heavy atom. The van der Waals surface area contributed by atoms with E-state index in [4.69, 9.17) is 4.74 Å². The van der Waals surface area contributed by atoms with Gasteiger partial charge in [0, 0.05) is 62.6 Å². The SMILES string of the molecule is C=CCN(C)C(=O)[C@H]1[C@H]2C(=O)N(CCCCCCO)C(C(=O)N(CC=C)c3ccc(N(CC)CC)cc3)C23CC(Br)[C@@H]1O3. The molecule has 3 aliphatic heterocycles. The molecule has 3 amide bonds. The molecule has 1 spiro atoms. The summed E-state index contributed by atoms with van der Waals surface area (Å²) in [5.41, 5.74) is 0.676. The van der Waals surface area contributed by atoms with Crippen molar-refractivity contribution in [1.29, 1.82) is 0 Å². The molecule has 43 heavy (non-hydrogen) atoms. The molecule has 0 saturated carbocycles. The number of benzene rings is 1. The van der Waals surface area contributed by atoms with Crippen LogP contribution in [0.3, 0.4) is 0 Å². The van der Waals surface area contributed by atoms with Crippen molar-refractivity contribution >= 4 is 45.0 Å². The largest absolute Gasteiger partial charge is 0.396 e. The highest BCUT2D eigenvalue weighted by atomic mass is 79.9. The van der Waals surface area contributed by atoms with Crippen molar-refractivity contribution in [2.45, 2.75) is 68.5 Å². The zero-order chi connectivity index (χ0) is 31.3. The summed E-state index contributed by atoms with van der Waals surface area (Å²) in [5.74, 6) is -2.02. The fourth-order valence-electron chi connectivity index (χ4n) is 7.25. The van der Waals surface area contributed by atoms with Crippen molar-refractivity contribution < 1.29 is 24.2 Å². The van der Waals surface area contributed by atoms with Crippen molar-refractivity contribution in [1.82, 2.24) is 9.80 Å². The Kier molecular flexibility index (Phi) is 11.1. The van der Waals surface area contributed by atoms with Crippen LogP contribution in [0.2, 0.25) is 0 Å².